The Labute approximate surface area is 220 Å². The summed E-state index contributed by atoms with van der Waals surface area (Å²) in [6.45, 7) is 4.21. The van der Waals surface area contributed by atoms with Crippen LogP contribution in [0.5, 0.6) is 11.5 Å². The SMILES string of the molecule is COc1cc2nc[nH]c(=O)c2cc1OC1CCC2(CC1)C(=O)N(C(=O)O)CC(C(C)(C)C)N2C(=O)C(F)(F)F. The lowest BCUT2D eigenvalue weighted by atomic mass is 9.72. The fraction of sp³-hybridized carbons (Fsp3) is 0.560. The van der Waals surface area contributed by atoms with Crippen molar-refractivity contribution in [2.75, 3.05) is 13.7 Å². The lowest BCUT2D eigenvalue weighted by Gasteiger charge is -2.57. The number of nitrogens with one attached hydrogen (secondary N) is 1. The molecule has 1 saturated carbocycles. The molecule has 3 amide bonds. The van der Waals surface area contributed by atoms with Crippen LogP contribution in [0.3, 0.4) is 0 Å². The molecule has 2 aliphatic rings. The Morgan fingerprint density at radius 3 is 2.31 bits per heavy atom. The minimum atomic E-state index is -5.27. The number of piperazine rings is 1. The molecule has 0 radical (unpaired) electrons. The van der Waals surface area contributed by atoms with Crippen LogP contribution in [-0.2, 0) is 9.59 Å². The van der Waals surface area contributed by atoms with Crippen LogP contribution in [0.25, 0.3) is 10.9 Å². The van der Waals surface area contributed by atoms with E-state index < -0.39 is 59.3 Å². The van der Waals surface area contributed by atoms with E-state index in [1.807, 2.05) is 0 Å². The van der Waals surface area contributed by atoms with Crippen LogP contribution >= 0.6 is 0 Å². The number of methoxy groups -OCH3 is 1. The smallest absolute Gasteiger partial charge is 0.471 e. The first-order valence-electron chi connectivity index (χ1n) is 12.3. The molecule has 2 fully saturated rings. The van der Waals surface area contributed by atoms with Gasteiger partial charge in [-0.05, 0) is 37.2 Å². The molecule has 2 N–H and O–H groups in total. The third kappa shape index (κ3) is 4.99. The summed E-state index contributed by atoms with van der Waals surface area (Å²) in [6, 6.07) is 1.74. The number of imide groups is 1. The average Bonchev–Trinajstić information content (AvgIpc) is 2.85. The van der Waals surface area contributed by atoms with E-state index in [0.717, 1.165) is 0 Å². The second-order valence-electron chi connectivity index (χ2n) is 10.9. The summed E-state index contributed by atoms with van der Waals surface area (Å²) in [6.07, 6.45) is -6.70. The van der Waals surface area contributed by atoms with Gasteiger partial charge in [0.15, 0.2) is 11.5 Å². The van der Waals surface area contributed by atoms with Crippen LogP contribution in [0.2, 0.25) is 0 Å². The Kier molecular flexibility index (Phi) is 7.02. The van der Waals surface area contributed by atoms with Gasteiger partial charge in [-0.1, -0.05) is 20.8 Å². The summed E-state index contributed by atoms with van der Waals surface area (Å²) in [5, 5.41) is 9.94. The molecule has 1 aromatic heterocycles. The zero-order chi connectivity index (χ0) is 28.9. The number of alkyl halides is 3. The van der Waals surface area contributed by atoms with Crippen molar-refractivity contribution >= 4 is 28.8 Å². The monoisotopic (exact) mass is 554 g/mol. The third-order valence-electron chi connectivity index (χ3n) is 7.44. The fourth-order valence-corrected chi connectivity index (χ4v) is 5.44. The molecule has 2 heterocycles. The van der Waals surface area contributed by atoms with Gasteiger partial charge in [-0.15, -0.1) is 0 Å². The van der Waals surface area contributed by atoms with E-state index in [9.17, 15) is 37.5 Å². The summed E-state index contributed by atoms with van der Waals surface area (Å²) in [4.78, 5) is 58.1. The van der Waals surface area contributed by atoms with Crippen molar-refractivity contribution in [3.8, 4) is 11.5 Å². The molecule has 1 atom stereocenters. The molecular formula is C25H29F3N4O7. The lowest BCUT2D eigenvalue weighted by molar-refractivity contribution is -0.208. The number of rotatable bonds is 3. The van der Waals surface area contributed by atoms with E-state index in [1.165, 1.54) is 25.6 Å². The molecular weight excluding hydrogens is 525 g/mol. The molecule has 4 rings (SSSR count). The Bertz CT molecular complexity index is 1360. The number of aromatic amines is 1. The Balaban J connectivity index is 1.69. The van der Waals surface area contributed by atoms with Crippen LogP contribution < -0.4 is 15.0 Å². The number of carbonyl (C=O) groups excluding carboxylic acids is 2. The fourth-order valence-electron chi connectivity index (χ4n) is 5.44. The maximum absolute atomic E-state index is 13.8. The van der Waals surface area contributed by atoms with Crippen LogP contribution in [0.15, 0.2) is 23.3 Å². The minimum Gasteiger partial charge on any atom is -0.493 e. The van der Waals surface area contributed by atoms with Crippen LogP contribution in [0.1, 0.15) is 46.5 Å². The molecule has 11 nitrogen and oxygen atoms in total. The second kappa shape index (κ2) is 9.72. The number of ether oxygens (including phenoxy) is 2. The molecule has 1 aliphatic carbocycles. The summed E-state index contributed by atoms with van der Waals surface area (Å²) in [5.41, 5.74) is -3.04. The zero-order valence-electron chi connectivity index (χ0n) is 21.8. The molecule has 39 heavy (non-hydrogen) atoms. The third-order valence-corrected chi connectivity index (χ3v) is 7.44. The molecule has 212 valence electrons. The Morgan fingerprint density at radius 2 is 1.77 bits per heavy atom. The maximum atomic E-state index is 13.8. The van der Waals surface area contributed by atoms with Crippen molar-refractivity contribution in [2.45, 2.75) is 70.3 Å². The number of carboxylic acid groups (broad SMARTS) is 1. The van der Waals surface area contributed by atoms with Gasteiger partial charge in [0.05, 0.1) is 43.0 Å². The van der Waals surface area contributed by atoms with Gasteiger partial charge in [-0.25, -0.2) is 14.7 Å². The average molecular weight is 555 g/mol. The van der Waals surface area contributed by atoms with Gasteiger partial charge in [0.1, 0.15) is 5.54 Å². The largest absolute Gasteiger partial charge is 0.493 e. The van der Waals surface area contributed by atoms with Gasteiger partial charge in [0, 0.05) is 6.07 Å². The van der Waals surface area contributed by atoms with Crippen molar-refractivity contribution in [3.63, 3.8) is 0 Å². The number of aromatic nitrogens is 2. The highest BCUT2D eigenvalue weighted by Gasteiger charge is 2.63. The molecule has 1 unspecified atom stereocenters. The molecule has 1 aromatic carbocycles. The second-order valence-corrected chi connectivity index (χ2v) is 10.9. The molecule has 14 heteroatoms. The van der Waals surface area contributed by atoms with E-state index in [2.05, 4.69) is 9.97 Å². The number of benzene rings is 1. The number of hydrogen-bond donors (Lipinski definition) is 2. The van der Waals surface area contributed by atoms with Crippen LogP contribution in [0.4, 0.5) is 18.0 Å². The predicted octanol–water partition coefficient (Wildman–Crippen LogP) is 3.32. The van der Waals surface area contributed by atoms with Crippen molar-refractivity contribution in [2.24, 2.45) is 5.41 Å². The highest BCUT2D eigenvalue weighted by atomic mass is 19.4. The van der Waals surface area contributed by atoms with Crippen LogP contribution in [0, 0.1) is 5.41 Å². The van der Waals surface area contributed by atoms with Gasteiger partial charge in [0.2, 0.25) is 0 Å². The number of fused-ring (bicyclic) bond motifs is 1. The van der Waals surface area contributed by atoms with E-state index >= 15 is 0 Å². The first-order chi connectivity index (χ1) is 18.1. The van der Waals surface area contributed by atoms with Crippen molar-refractivity contribution < 1.29 is 42.1 Å². The molecule has 1 saturated heterocycles. The molecule has 2 aromatic rings. The van der Waals surface area contributed by atoms with E-state index in [-0.39, 0.29) is 42.6 Å². The van der Waals surface area contributed by atoms with Gasteiger partial charge in [-0.3, -0.25) is 14.4 Å². The summed E-state index contributed by atoms with van der Waals surface area (Å²) in [5.74, 6) is -2.77. The van der Waals surface area contributed by atoms with E-state index in [1.54, 1.807) is 20.8 Å². The number of carbonyl (C=O) groups is 3. The van der Waals surface area contributed by atoms with Gasteiger partial charge < -0.3 is 24.5 Å². The van der Waals surface area contributed by atoms with E-state index in [0.29, 0.717) is 15.3 Å². The van der Waals surface area contributed by atoms with E-state index in [4.69, 9.17) is 9.47 Å². The number of H-pyrrole nitrogens is 1. The zero-order valence-corrected chi connectivity index (χ0v) is 21.8. The summed E-state index contributed by atoms with van der Waals surface area (Å²) < 4.78 is 52.9. The predicted molar refractivity (Wildman–Crippen MR) is 130 cm³/mol. The van der Waals surface area contributed by atoms with Crippen molar-refractivity contribution in [3.05, 3.63) is 28.8 Å². The highest BCUT2D eigenvalue weighted by Crippen LogP contribution is 2.46. The maximum Gasteiger partial charge on any atom is 0.471 e. The van der Waals surface area contributed by atoms with Crippen molar-refractivity contribution in [1.29, 1.82) is 0 Å². The van der Waals surface area contributed by atoms with Gasteiger partial charge in [0.25, 0.3) is 11.5 Å². The standard InChI is InChI=1S/C25H29F3N4O7/c1-23(2,3)18-11-31(22(36)37)20(34)24(32(18)21(35)25(26,27)28)7-5-13(6-8-24)39-17-9-14-15(10-16(17)38-4)29-12-30-19(14)33/h9-10,12-13,18H,5-8,11H2,1-4H3,(H,36,37)(H,29,30,33). The molecule has 1 spiro atoms. The quantitative estimate of drug-likeness (QED) is 0.589. The topological polar surface area (TPSA) is 142 Å². The van der Waals surface area contributed by atoms with Gasteiger partial charge >= 0.3 is 18.2 Å². The Morgan fingerprint density at radius 1 is 1.13 bits per heavy atom. The lowest BCUT2D eigenvalue weighted by Crippen LogP contribution is -2.75. The molecule has 1 aliphatic heterocycles. The number of halogens is 3. The first-order valence-corrected chi connectivity index (χ1v) is 12.3. The van der Waals surface area contributed by atoms with Crippen LogP contribution in [-0.4, -0.2) is 80.3 Å². The summed E-state index contributed by atoms with van der Waals surface area (Å²) >= 11 is 0. The number of nitrogens with zero attached hydrogens (tertiary/aromatic N) is 3. The summed E-state index contributed by atoms with van der Waals surface area (Å²) in [7, 11) is 1.39. The Hall–Kier alpha value is -3.84. The minimum absolute atomic E-state index is 0.0300. The number of hydrogen-bond acceptors (Lipinski definition) is 7. The van der Waals surface area contributed by atoms with Crippen molar-refractivity contribution in [1.82, 2.24) is 19.8 Å². The number of amides is 3. The van der Waals surface area contributed by atoms with Gasteiger partial charge in [-0.2, -0.15) is 13.2 Å². The molecule has 0 bridgehead atoms. The first kappa shape index (κ1) is 28.2. The highest BCUT2D eigenvalue weighted by molar-refractivity contribution is 6.01. The normalized spacial score (nSPS) is 24.2.